The second-order valence-electron chi connectivity index (χ2n) is 8.15. The van der Waals surface area contributed by atoms with Gasteiger partial charge in [0.15, 0.2) is 0 Å². The Morgan fingerprint density at radius 2 is 1.38 bits per heavy atom. The lowest BCUT2D eigenvalue weighted by Crippen LogP contribution is -1.96. The van der Waals surface area contributed by atoms with Crippen LogP contribution in [0.3, 0.4) is 0 Å². The number of aryl methyl sites for hydroxylation is 1. The number of nitrogens with zero attached hydrogens (tertiary/aromatic N) is 1. The highest BCUT2D eigenvalue weighted by Crippen LogP contribution is 2.30. The number of hydrogen-bond acceptors (Lipinski definition) is 1. The molecule has 1 aromatic heterocycles. The Morgan fingerprint density at radius 3 is 2.09 bits per heavy atom. The molecular weight excluding hydrogens is 386 g/mol. The molecule has 1 nitrogen and oxygen atoms in total. The van der Waals surface area contributed by atoms with E-state index in [-0.39, 0.29) is 0 Å². The third-order valence-electron chi connectivity index (χ3n) is 5.92. The zero-order chi connectivity index (χ0) is 21.8. The predicted octanol–water partition coefficient (Wildman–Crippen LogP) is 7.99. The van der Waals surface area contributed by atoms with E-state index in [0.29, 0.717) is 0 Å². The molecule has 0 saturated heterocycles. The van der Waals surface area contributed by atoms with Crippen molar-refractivity contribution in [1.82, 2.24) is 4.98 Å². The summed E-state index contributed by atoms with van der Waals surface area (Å²) in [6.07, 6.45) is 5.12. The second kappa shape index (κ2) is 9.03. The highest BCUT2D eigenvalue weighted by molar-refractivity contribution is 5.91. The van der Waals surface area contributed by atoms with Crippen molar-refractivity contribution in [2.24, 2.45) is 0 Å². The molecule has 0 aliphatic carbocycles. The Hall–Kier alpha value is -3.97. The lowest BCUT2D eigenvalue weighted by Gasteiger charge is -2.13. The first kappa shape index (κ1) is 20.0. The van der Waals surface area contributed by atoms with E-state index in [4.69, 9.17) is 4.98 Å². The van der Waals surface area contributed by atoms with E-state index in [1.807, 2.05) is 12.3 Å². The Balaban J connectivity index is 1.60. The summed E-state index contributed by atoms with van der Waals surface area (Å²) in [5, 5.41) is 1.22. The van der Waals surface area contributed by atoms with Crippen molar-refractivity contribution < 1.29 is 0 Å². The number of pyridine rings is 1. The van der Waals surface area contributed by atoms with Gasteiger partial charge in [-0.05, 0) is 46.4 Å². The van der Waals surface area contributed by atoms with Gasteiger partial charge in [0.1, 0.15) is 0 Å². The van der Waals surface area contributed by atoms with Crippen LogP contribution < -0.4 is 0 Å². The average molecular weight is 412 g/mol. The van der Waals surface area contributed by atoms with E-state index >= 15 is 0 Å². The molecular formula is C31H25N. The van der Waals surface area contributed by atoms with Gasteiger partial charge in [-0.1, -0.05) is 109 Å². The van der Waals surface area contributed by atoms with Gasteiger partial charge >= 0.3 is 0 Å². The SMILES string of the molecule is Cc1ccc(C/C(=C/c2ccccc2)c2ccccc2)c2ncc(-c3ccccc3)cc12. The molecule has 0 radical (unpaired) electrons. The molecule has 0 bridgehead atoms. The molecule has 154 valence electrons. The molecule has 0 amide bonds. The average Bonchev–Trinajstić information content (AvgIpc) is 2.87. The zero-order valence-corrected chi connectivity index (χ0v) is 18.2. The summed E-state index contributed by atoms with van der Waals surface area (Å²) >= 11 is 0. The van der Waals surface area contributed by atoms with Crippen LogP contribution in [0.5, 0.6) is 0 Å². The summed E-state index contributed by atoms with van der Waals surface area (Å²) in [6, 6.07) is 38.4. The van der Waals surface area contributed by atoms with E-state index in [0.717, 1.165) is 17.5 Å². The van der Waals surface area contributed by atoms with Gasteiger partial charge in [-0.25, -0.2) is 0 Å². The summed E-state index contributed by atoms with van der Waals surface area (Å²) < 4.78 is 0. The van der Waals surface area contributed by atoms with Gasteiger partial charge in [-0.2, -0.15) is 0 Å². The molecule has 0 atom stereocenters. The quantitative estimate of drug-likeness (QED) is 0.267. The van der Waals surface area contributed by atoms with Crippen LogP contribution in [0, 0.1) is 6.92 Å². The fourth-order valence-electron chi connectivity index (χ4n) is 4.19. The Kier molecular flexibility index (Phi) is 5.63. The van der Waals surface area contributed by atoms with Crippen molar-refractivity contribution in [2.45, 2.75) is 13.3 Å². The molecule has 1 heteroatoms. The van der Waals surface area contributed by atoms with Crippen molar-refractivity contribution in [3.63, 3.8) is 0 Å². The Bertz CT molecular complexity index is 1370. The predicted molar refractivity (Wildman–Crippen MR) is 136 cm³/mol. The minimum Gasteiger partial charge on any atom is -0.255 e. The summed E-state index contributed by atoms with van der Waals surface area (Å²) in [6.45, 7) is 2.17. The standard InChI is InChI=1S/C31H25N/c1-23-17-18-27(31-30(23)21-29(22-32-31)26-15-9-4-10-16-26)20-28(25-13-7-3-8-14-25)19-24-11-5-2-6-12-24/h2-19,21-22H,20H2,1H3/b28-19-. The van der Waals surface area contributed by atoms with Gasteiger partial charge in [0, 0.05) is 23.6 Å². The maximum Gasteiger partial charge on any atom is 0.0740 e. The monoisotopic (exact) mass is 411 g/mol. The third kappa shape index (κ3) is 4.24. The molecule has 1 heterocycles. The normalized spacial score (nSPS) is 11.6. The number of benzene rings is 4. The van der Waals surface area contributed by atoms with E-state index in [1.165, 1.54) is 38.8 Å². The topological polar surface area (TPSA) is 12.9 Å². The smallest absolute Gasteiger partial charge is 0.0740 e. The van der Waals surface area contributed by atoms with E-state index in [2.05, 4.69) is 116 Å². The van der Waals surface area contributed by atoms with Crippen LogP contribution in [-0.4, -0.2) is 4.98 Å². The number of allylic oxidation sites excluding steroid dienone is 1. The number of hydrogen-bond donors (Lipinski definition) is 0. The lowest BCUT2D eigenvalue weighted by atomic mass is 9.93. The first-order valence-electron chi connectivity index (χ1n) is 11.0. The fraction of sp³-hybridized carbons (Fsp3) is 0.0645. The summed E-state index contributed by atoms with van der Waals surface area (Å²) in [4.78, 5) is 4.94. The molecule has 0 N–H and O–H groups in total. The van der Waals surface area contributed by atoms with Crippen molar-refractivity contribution in [2.75, 3.05) is 0 Å². The molecule has 5 aromatic rings. The largest absolute Gasteiger partial charge is 0.255 e. The van der Waals surface area contributed by atoms with Crippen LogP contribution >= 0.6 is 0 Å². The number of aromatic nitrogens is 1. The van der Waals surface area contributed by atoms with Crippen LogP contribution in [0.1, 0.15) is 22.3 Å². The highest BCUT2D eigenvalue weighted by atomic mass is 14.7. The Morgan fingerprint density at radius 1 is 0.719 bits per heavy atom. The van der Waals surface area contributed by atoms with Gasteiger partial charge in [-0.3, -0.25) is 4.98 Å². The van der Waals surface area contributed by atoms with Gasteiger partial charge in [0.05, 0.1) is 5.52 Å². The molecule has 5 rings (SSSR count). The second-order valence-corrected chi connectivity index (χ2v) is 8.15. The maximum atomic E-state index is 4.94. The number of rotatable bonds is 5. The molecule has 0 fully saturated rings. The van der Waals surface area contributed by atoms with Crippen LogP contribution in [0.2, 0.25) is 0 Å². The lowest BCUT2D eigenvalue weighted by molar-refractivity contribution is 1.26. The van der Waals surface area contributed by atoms with Crippen LogP contribution in [0.25, 0.3) is 33.7 Å². The van der Waals surface area contributed by atoms with Gasteiger partial charge in [0.25, 0.3) is 0 Å². The first-order chi connectivity index (χ1) is 15.8. The highest BCUT2D eigenvalue weighted by Gasteiger charge is 2.11. The summed E-state index contributed by atoms with van der Waals surface area (Å²) in [5.41, 5.74) is 9.67. The number of fused-ring (bicyclic) bond motifs is 1. The van der Waals surface area contributed by atoms with Gasteiger partial charge in [-0.15, -0.1) is 0 Å². The molecule has 0 unspecified atom stereocenters. The fourth-order valence-corrected chi connectivity index (χ4v) is 4.19. The van der Waals surface area contributed by atoms with Gasteiger partial charge < -0.3 is 0 Å². The molecule has 4 aromatic carbocycles. The first-order valence-corrected chi connectivity index (χ1v) is 11.0. The van der Waals surface area contributed by atoms with Crippen molar-refractivity contribution in [1.29, 1.82) is 0 Å². The Labute approximate surface area is 189 Å². The van der Waals surface area contributed by atoms with Crippen LogP contribution in [0.15, 0.2) is 115 Å². The minimum atomic E-state index is 0.827. The molecule has 0 aliphatic rings. The molecule has 0 spiro atoms. The minimum absolute atomic E-state index is 0.827. The van der Waals surface area contributed by atoms with Crippen molar-refractivity contribution >= 4 is 22.6 Å². The van der Waals surface area contributed by atoms with E-state index in [9.17, 15) is 0 Å². The van der Waals surface area contributed by atoms with Gasteiger partial charge in [0.2, 0.25) is 0 Å². The zero-order valence-electron chi connectivity index (χ0n) is 18.2. The van der Waals surface area contributed by atoms with E-state index < -0.39 is 0 Å². The summed E-state index contributed by atoms with van der Waals surface area (Å²) in [7, 11) is 0. The van der Waals surface area contributed by atoms with Crippen molar-refractivity contribution in [3.8, 4) is 11.1 Å². The molecule has 32 heavy (non-hydrogen) atoms. The van der Waals surface area contributed by atoms with Crippen molar-refractivity contribution in [3.05, 3.63) is 138 Å². The molecule has 0 aliphatic heterocycles. The van der Waals surface area contributed by atoms with Crippen LogP contribution in [0.4, 0.5) is 0 Å². The van der Waals surface area contributed by atoms with Crippen LogP contribution in [-0.2, 0) is 6.42 Å². The third-order valence-corrected chi connectivity index (χ3v) is 5.92. The summed E-state index contributed by atoms with van der Waals surface area (Å²) in [5.74, 6) is 0. The molecule has 0 saturated carbocycles. The van der Waals surface area contributed by atoms with E-state index in [1.54, 1.807) is 0 Å². The maximum absolute atomic E-state index is 4.94.